The molecule has 0 unspecified atom stereocenters. The molecule has 19 heavy (non-hydrogen) atoms. The number of hydrogen-bond donors (Lipinski definition) is 2. The van der Waals surface area contributed by atoms with Crippen LogP contribution in [0, 0.1) is 0 Å². The Kier molecular flexibility index (Phi) is 6.92. The van der Waals surface area contributed by atoms with Crippen molar-refractivity contribution in [3.8, 4) is 5.75 Å². The molecule has 0 aliphatic rings. The molecule has 1 rings (SSSR count). The van der Waals surface area contributed by atoms with Crippen molar-refractivity contribution in [3.05, 3.63) is 23.8 Å². The van der Waals surface area contributed by atoms with Crippen LogP contribution in [-0.4, -0.2) is 39.2 Å². The standard InChI is InChI=1S/C14H22N2O3/c1-3-19-8-4-7-16-10-13(17)11-5-6-14(18-2)12(15)9-11/h5-6,9,16H,3-4,7-8,10,15H2,1-2H3. The van der Waals surface area contributed by atoms with Crippen molar-refractivity contribution in [2.75, 3.05) is 39.1 Å². The lowest BCUT2D eigenvalue weighted by Gasteiger charge is -2.07. The highest BCUT2D eigenvalue weighted by Gasteiger charge is 2.08. The molecule has 5 nitrogen and oxygen atoms in total. The molecule has 106 valence electrons. The summed E-state index contributed by atoms with van der Waals surface area (Å²) < 4.78 is 10.3. The number of anilines is 1. The summed E-state index contributed by atoms with van der Waals surface area (Å²) in [5.41, 5.74) is 6.83. The molecule has 0 radical (unpaired) electrons. The molecular formula is C14H22N2O3. The fourth-order valence-electron chi connectivity index (χ4n) is 1.66. The van der Waals surface area contributed by atoms with E-state index in [-0.39, 0.29) is 5.78 Å². The third-order valence-corrected chi connectivity index (χ3v) is 2.68. The number of nitrogen functional groups attached to an aromatic ring is 1. The van der Waals surface area contributed by atoms with Crippen LogP contribution in [0.5, 0.6) is 5.75 Å². The van der Waals surface area contributed by atoms with Crippen LogP contribution in [0.2, 0.25) is 0 Å². The maximum atomic E-state index is 11.9. The van der Waals surface area contributed by atoms with E-state index in [2.05, 4.69) is 5.32 Å². The molecule has 0 bridgehead atoms. The lowest BCUT2D eigenvalue weighted by atomic mass is 10.1. The molecular weight excluding hydrogens is 244 g/mol. The largest absolute Gasteiger partial charge is 0.495 e. The molecule has 0 aliphatic heterocycles. The van der Waals surface area contributed by atoms with Crippen molar-refractivity contribution in [2.45, 2.75) is 13.3 Å². The van der Waals surface area contributed by atoms with E-state index in [9.17, 15) is 4.79 Å². The van der Waals surface area contributed by atoms with Crippen molar-refractivity contribution in [3.63, 3.8) is 0 Å². The van der Waals surface area contributed by atoms with Gasteiger partial charge in [-0.1, -0.05) is 0 Å². The summed E-state index contributed by atoms with van der Waals surface area (Å²) in [6.45, 7) is 4.47. The van der Waals surface area contributed by atoms with Gasteiger partial charge in [-0.3, -0.25) is 4.79 Å². The molecule has 0 saturated heterocycles. The molecule has 3 N–H and O–H groups in total. The van der Waals surface area contributed by atoms with Crippen LogP contribution < -0.4 is 15.8 Å². The Bertz CT molecular complexity index is 408. The van der Waals surface area contributed by atoms with Gasteiger partial charge in [0, 0.05) is 18.8 Å². The zero-order valence-electron chi connectivity index (χ0n) is 11.6. The number of carbonyl (C=O) groups is 1. The minimum Gasteiger partial charge on any atom is -0.495 e. The summed E-state index contributed by atoms with van der Waals surface area (Å²) in [5, 5.41) is 3.09. The number of Topliss-reactive ketones (excluding diaryl/α,β-unsaturated/α-hetero) is 1. The number of methoxy groups -OCH3 is 1. The highest BCUT2D eigenvalue weighted by molar-refractivity contribution is 5.98. The van der Waals surface area contributed by atoms with Gasteiger partial charge in [0.15, 0.2) is 5.78 Å². The molecule has 0 saturated carbocycles. The first-order valence-electron chi connectivity index (χ1n) is 6.44. The molecule has 0 spiro atoms. The number of nitrogens with one attached hydrogen (secondary N) is 1. The van der Waals surface area contributed by atoms with E-state index in [1.165, 1.54) is 0 Å². The maximum Gasteiger partial charge on any atom is 0.176 e. The third-order valence-electron chi connectivity index (χ3n) is 2.68. The molecule has 0 fully saturated rings. The summed E-state index contributed by atoms with van der Waals surface area (Å²) in [5.74, 6) is 0.604. The fourth-order valence-corrected chi connectivity index (χ4v) is 1.66. The van der Waals surface area contributed by atoms with E-state index in [0.717, 1.165) is 19.6 Å². The van der Waals surface area contributed by atoms with Gasteiger partial charge >= 0.3 is 0 Å². The summed E-state index contributed by atoms with van der Waals surface area (Å²) in [6, 6.07) is 5.07. The van der Waals surface area contributed by atoms with Crippen LogP contribution in [0.3, 0.4) is 0 Å². The van der Waals surface area contributed by atoms with Gasteiger partial charge in [0.2, 0.25) is 0 Å². The van der Waals surface area contributed by atoms with Gasteiger partial charge in [-0.25, -0.2) is 0 Å². The number of ether oxygens (including phenoxy) is 2. The second-order valence-electron chi connectivity index (χ2n) is 4.11. The SMILES string of the molecule is CCOCCCNCC(=O)c1ccc(OC)c(N)c1. The summed E-state index contributed by atoms with van der Waals surface area (Å²) in [7, 11) is 1.55. The number of nitrogens with two attached hydrogens (primary N) is 1. The quantitative estimate of drug-likeness (QED) is 0.402. The van der Waals surface area contributed by atoms with Crippen molar-refractivity contribution in [1.29, 1.82) is 0 Å². The number of hydrogen-bond acceptors (Lipinski definition) is 5. The lowest BCUT2D eigenvalue weighted by Crippen LogP contribution is -2.24. The van der Waals surface area contributed by atoms with Gasteiger partial charge in [-0.15, -0.1) is 0 Å². The Hall–Kier alpha value is -1.59. The molecule has 0 amide bonds. The number of benzene rings is 1. The summed E-state index contributed by atoms with van der Waals surface area (Å²) in [4.78, 5) is 11.9. The molecule has 0 aliphatic carbocycles. The van der Waals surface area contributed by atoms with Crippen LogP contribution in [0.15, 0.2) is 18.2 Å². The van der Waals surface area contributed by atoms with E-state index in [4.69, 9.17) is 15.2 Å². The van der Waals surface area contributed by atoms with Gasteiger partial charge in [-0.2, -0.15) is 0 Å². The van der Waals surface area contributed by atoms with Crippen LogP contribution in [-0.2, 0) is 4.74 Å². The van der Waals surface area contributed by atoms with Crippen molar-refractivity contribution < 1.29 is 14.3 Å². The Morgan fingerprint density at radius 3 is 2.84 bits per heavy atom. The second-order valence-corrected chi connectivity index (χ2v) is 4.11. The van der Waals surface area contributed by atoms with Crippen molar-refractivity contribution in [1.82, 2.24) is 5.32 Å². The van der Waals surface area contributed by atoms with E-state index in [1.54, 1.807) is 25.3 Å². The minimum atomic E-state index is 0.0192. The zero-order chi connectivity index (χ0) is 14.1. The third kappa shape index (κ3) is 5.28. The van der Waals surface area contributed by atoms with E-state index in [1.807, 2.05) is 6.92 Å². The average molecular weight is 266 g/mol. The topological polar surface area (TPSA) is 73.6 Å². The lowest BCUT2D eigenvalue weighted by molar-refractivity contribution is 0.0988. The molecule has 1 aromatic rings. The zero-order valence-corrected chi connectivity index (χ0v) is 11.6. The van der Waals surface area contributed by atoms with Gasteiger partial charge < -0.3 is 20.5 Å². The highest BCUT2D eigenvalue weighted by Crippen LogP contribution is 2.21. The van der Waals surface area contributed by atoms with E-state index < -0.39 is 0 Å². The van der Waals surface area contributed by atoms with Gasteiger partial charge in [0.25, 0.3) is 0 Å². The van der Waals surface area contributed by atoms with Crippen LogP contribution in [0.25, 0.3) is 0 Å². The van der Waals surface area contributed by atoms with Crippen LogP contribution in [0.4, 0.5) is 5.69 Å². The first kappa shape index (κ1) is 15.5. The smallest absolute Gasteiger partial charge is 0.176 e. The van der Waals surface area contributed by atoms with Gasteiger partial charge in [0.05, 0.1) is 19.3 Å². The highest BCUT2D eigenvalue weighted by atomic mass is 16.5. The van der Waals surface area contributed by atoms with Crippen LogP contribution in [0.1, 0.15) is 23.7 Å². The normalized spacial score (nSPS) is 10.4. The number of ketones is 1. The monoisotopic (exact) mass is 266 g/mol. The molecule has 0 heterocycles. The van der Waals surface area contributed by atoms with Gasteiger partial charge in [0.1, 0.15) is 5.75 Å². The predicted octanol–water partition coefficient (Wildman–Crippen LogP) is 1.48. The molecule has 5 heteroatoms. The molecule has 0 aromatic heterocycles. The number of carbonyl (C=O) groups excluding carboxylic acids is 1. The molecule has 0 atom stereocenters. The average Bonchev–Trinajstić information content (AvgIpc) is 2.42. The van der Waals surface area contributed by atoms with Crippen molar-refractivity contribution in [2.24, 2.45) is 0 Å². The van der Waals surface area contributed by atoms with E-state index in [0.29, 0.717) is 30.2 Å². The Balaban J connectivity index is 2.35. The van der Waals surface area contributed by atoms with E-state index >= 15 is 0 Å². The fraction of sp³-hybridized carbons (Fsp3) is 0.500. The number of rotatable bonds is 9. The maximum absolute atomic E-state index is 11.9. The summed E-state index contributed by atoms with van der Waals surface area (Å²) in [6.07, 6.45) is 0.895. The minimum absolute atomic E-state index is 0.0192. The summed E-state index contributed by atoms with van der Waals surface area (Å²) >= 11 is 0. The first-order valence-corrected chi connectivity index (χ1v) is 6.44. The predicted molar refractivity (Wildman–Crippen MR) is 75.7 cm³/mol. The Morgan fingerprint density at radius 2 is 2.21 bits per heavy atom. The first-order chi connectivity index (χ1) is 9.19. The molecule has 1 aromatic carbocycles. The Morgan fingerprint density at radius 1 is 1.42 bits per heavy atom. The second kappa shape index (κ2) is 8.50. The Labute approximate surface area is 114 Å². The van der Waals surface area contributed by atoms with Gasteiger partial charge in [-0.05, 0) is 38.1 Å². The van der Waals surface area contributed by atoms with Crippen LogP contribution >= 0.6 is 0 Å². The van der Waals surface area contributed by atoms with Crippen molar-refractivity contribution >= 4 is 11.5 Å².